The van der Waals surface area contributed by atoms with E-state index in [-0.39, 0.29) is 17.1 Å². The molecule has 2 unspecified atom stereocenters. The molecule has 1 aromatic rings. The zero-order chi connectivity index (χ0) is 13.0. The van der Waals surface area contributed by atoms with Gasteiger partial charge in [0.05, 0.1) is 4.92 Å². The van der Waals surface area contributed by atoms with Crippen molar-refractivity contribution in [1.82, 2.24) is 0 Å². The number of aliphatic hydroxyl groups is 2. The van der Waals surface area contributed by atoms with Gasteiger partial charge in [-0.15, -0.1) is 0 Å². The Kier molecular flexibility index (Phi) is 4.24. The maximum Gasteiger partial charge on any atom is 0.292 e. The number of hydrogen-bond acceptors (Lipinski definition) is 6. The smallest absolute Gasteiger partial charge is 0.292 e. The van der Waals surface area contributed by atoms with Crippen LogP contribution < -0.4 is 10.1 Å². The predicted molar refractivity (Wildman–Crippen MR) is 61.0 cm³/mol. The third-order valence-corrected chi connectivity index (χ3v) is 2.10. The van der Waals surface area contributed by atoms with Crippen LogP contribution in [-0.4, -0.2) is 34.6 Å². The van der Waals surface area contributed by atoms with Crippen LogP contribution >= 0.6 is 0 Å². The molecular formula is C10H14N2O5. The van der Waals surface area contributed by atoms with E-state index >= 15 is 0 Å². The molecule has 0 spiro atoms. The van der Waals surface area contributed by atoms with E-state index in [1.54, 1.807) is 0 Å². The van der Waals surface area contributed by atoms with Crippen molar-refractivity contribution in [2.75, 3.05) is 12.4 Å². The van der Waals surface area contributed by atoms with Gasteiger partial charge in [-0.2, -0.15) is 0 Å². The summed E-state index contributed by atoms with van der Waals surface area (Å²) in [5, 5.41) is 31.7. The molecular weight excluding hydrogens is 228 g/mol. The lowest BCUT2D eigenvalue weighted by Crippen LogP contribution is -2.28. The lowest BCUT2D eigenvalue weighted by atomic mass is 10.2. The minimum Gasteiger partial charge on any atom is -0.462 e. The first-order valence-corrected chi connectivity index (χ1v) is 4.94. The number of nitrogens with one attached hydrogen (secondary N) is 1. The Morgan fingerprint density at radius 1 is 1.47 bits per heavy atom. The van der Waals surface area contributed by atoms with Crippen LogP contribution in [0.15, 0.2) is 18.2 Å². The zero-order valence-corrected chi connectivity index (χ0v) is 9.45. The first-order chi connectivity index (χ1) is 7.95. The van der Waals surface area contributed by atoms with Crippen molar-refractivity contribution in [3.63, 3.8) is 0 Å². The van der Waals surface area contributed by atoms with Crippen LogP contribution in [0, 0.1) is 10.1 Å². The quantitative estimate of drug-likeness (QED) is 0.399. The van der Waals surface area contributed by atoms with Crippen LogP contribution in [0.3, 0.4) is 0 Å². The van der Waals surface area contributed by atoms with Crippen LogP contribution in [0.1, 0.15) is 6.92 Å². The Morgan fingerprint density at radius 3 is 2.59 bits per heavy atom. The highest BCUT2D eigenvalue weighted by Gasteiger charge is 2.16. The van der Waals surface area contributed by atoms with Crippen molar-refractivity contribution in [1.29, 1.82) is 0 Å². The molecule has 0 fully saturated rings. The third-order valence-electron chi connectivity index (χ3n) is 2.10. The van der Waals surface area contributed by atoms with E-state index in [9.17, 15) is 15.2 Å². The molecule has 17 heavy (non-hydrogen) atoms. The molecule has 3 N–H and O–H groups in total. The lowest BCUT2D eigenvalue weighted by Gasteiger charge is -2.16. The van der Waals surface area contributed by atoms with Crippen LogP contribution in [0.4, 0.5) is 11.4 Å². The van der Waals surface area contributed by atoms with Crippen LogP contribution in [0.25, 0.3) is 0 Å². The van der Waals surface area contributed by atoms with Crippen LogP contribution in [0.5, 0.6) is 5.75 Å². The maximum absolute atomic E-state index is 10.7. The third kappa shape index (κ3) is 3.30. The number of nitro groups is 1. The fourth-order valence-electron chi connectivity index (χ4n) is 1.19. The summed E-state index contributed by atoms with van der Waals surface area (Å²) in [7, 11) is 1.54. The predicted octanol–water partition coefficient (Wildman–Crippen LogP) is 0.714. The Bertz CT molecular complexity index is 408. The molecule has 0 aromatic heterocycles. The number of benzene rings is 1. The summed E-state index contributed by atoms with van der Waals surface area (Å²) in [6.45, 7) is 1.37. The second-order valence-corrected chi connectivity index (χ2v) is 3.44. The number of nitrogens with zero attached hydrogens (tertiary/aromatic N) is 1. The standard InChI is InChI=1S/C10H14N2O5/c1-6(13)10(14)17-7-3-4-9(12(15)16)8(5-7)11-2/h3-6,10-11,13-14H,1-2H3. The zero-order valence-electron chi connectivity index (χ0n) is 9.45. The van der Waals surface area contributed by atoms with Crippen molar-refractivity contribution in [2.24, 2.45) is 0 Å². The molecule has 1 aromatic carbocycles. The molecule has 2 atom stereocenters. The van der Waals surface area contributed by atoms with Crippen molar-refractivity contribution in [2.45, 2.75) is 19.3 Å². The Morgan fingerprint density at radius 2 is 2.12 bits per heavy atom. The lowest BCUT2D eigenvalue weighted by molar-refractivity contribution is -0.384. The van der Waals surface area contributed by atoms with Gasteiger partial charge in [-0.25, -0.2) is 0 Å². The summed E-state index contributed by atoms with van der Waals surface area (Å²) in [5.41, 5.74) is 0.177. The highest BCUT2D eigenvalue weighted by molar-refractivity contribution is 5.63. The Hall–Kier alpha value is -1.86. The molecule has 0 bridgehead atoms. The van der Waals surface area contributed by atoms with E-state index in [0.717, 1.165) is 0 Å². The summed E-state index contributed by atoms with van der Waals surface area (Å²) in [6, 6.07) is 3.99. The van der Waals surface area contributed by atoms with E-state index in [4.69, 9.17) is 9.84 Å². The van der Waals surface area contributed by atoms with Gasteiger partial charge in [0, 0.05) is 19.2 Å². The van der Waals surface area contributed by atoms with Crippen molar-refractivity contribution < 1.29 is 19.9 Å². The normalized spacial score (nSPS) is 13.9. The van der Waals surface area contributed by atoms with E-state index in [0.29, 0.717) is 0 Å². The van der Waals surface area contributed by atoms with Gasteiger partial charge in [-0.3, -0.25) is 10.1 Å². The fourth-order valence-corrected chi connectivity index (χ4v) is 1.19. The molecule has 0 aliphatic heterocycles. The molecule has 0 aliphatic rings. The summed E-state index contributed by atoms with van der Waals surface area (Å²) >= 11 is 0. The minimum atomic E-state index is -1.37. The summed E-state index contributed by atoms with van der Waals surface area (Å²) in [5.74, 6) is 0.230. The first-order valence-electron chi connectivity index (χ1n) is 4.94. The monoisotopic (exact) mass is 242 g/mol. The number of nitro benzene ring substituents is 1. The SMILES string of the molecule is CNc1cc(OC(O)C(C)O)ccc1[N+](=O)[O-]. The van der Waals surface area contributed by atoms with E-state index in [1.807, 2.05) is 0 Å². The molecule has 0 heterocycles. The van der Waals surface area contributed by atoms with Crippen LogP contribution in [0.2, 0.25) is 0 Å². The van der Waals surface area contributed by atoms with Gasteiger partial charge in [-0.1, -0.05) is 0 Å². The summed E-state index contributed by atoms with van der Waals surface area (Å²) < 4.78 is 5.00. The summed E-state index contributed by atoms with van der Waals surface area (Å²) in [6.07, 6.45) is -2.43. The second kappa shape index (κ2) is 5.46. The largest absolute Gasteiger partial charge is 0.462 e. The molecule has 0 saturated carbocycles. The first kappa shape index (κ1) is 13.2. The molecule has 0 aliphatic carbocycles. The maximum atomic E-state index is 10.7. The van der Waals surface area contributed by atoms with Gasteiger partial charge in [0.2, 0.25) is 6.29 Å². The molecule has 7 heteroatoms. The Balaban J connectivity index is 2.94. The molecule has 0 radical (unpaired) electrons. The second-order valence-electron chi connectivity index (χ2n) is 3.44. The van der Waals surface area contributed by atoms with Gasteiger partial charge < -0.3 is 20.3 Å². The Labute approximate surface area is 97.8 Å². The topological polar surface area (TPSA) is 105 Å². The molecule has 7 nitrogen and oxygen atoms in total. The number of hydrogen-bond donors (Lipinski definition) is 3. The molecule has 0 amide bonds. The average molecular weight is 242 g/mol. The van der Waals surface area contributed by atoms with E-state index in [1.165, 1.54) is 32.2 Å². The van der Waals surface area contributed by atoms with Crippen molar-refractivity contribution in [3.8, 4) is 5.75 Å². The number of ether oxygens (including phenoxy) is 1. The molecule has 94 valence electrons. The highest BCUT2D eigenvalue weighted by atomic mass is 16.6. The molecule has 0 saturated heterocycles. The highest BCUT2D eigenvalue weighted by Crippen LogP contribution is 2.28. The van der Waals surface area contributed by atoms with Gasteiger partial charge in [0.25, 0.3) is 5.69 Å². The fraction of sp³-hybridized carbons (Fsp3) is 0.400. The van der Waals surface area contributed by atoms with Gasteiger partial charge in [0.1, 0.15) is 17.5 Å². The van der Waals surface area contributed by atoms with Gasteiger partial charge in [0.15, 0.2) is 0 Å². The van der Waals surface area contributed by atoms with Crippen molar-refractivity contribution in [3.05, 3.63) is 28.3 Å². The van der Waals surface area contributed by atoms with Crippen LogP contribution in [-0.2, 0) is 0 Å². The average Bonchev–Trinajstić information content (AvgIpc) is 2.28. The van der Waals surface area contributed by atoms with E-state index < -0.39 is 17.3 Å². The molecule has 1 rings (SSSR count). The van der Waals surface area contributed by atoms with E-state index in [2.05, 4.69) is 5.32 Å². The number of aliphatic hydroxyl groups excluding tert-OH is 2. The van der Waals surface area contributed by atoms with Gasteiger partial charge >= 0.3 is 0 Å². The summed E-state index contributed by atoms with van der Waals surface area (Å²) in [4.78, 5) is 10.1. The van der Waals surface area contributed by atoms with Crippen molar-refractivity contribution >= 4 is 11.4 Å². The number of rotatable bonds is 5. The minimum absolute atomic E-state index is 0.0913. The number of anilines is 1. The van der Waals surface area contributed by atoms with Gasteiger partial charge in [-0.05, 0) is 13.0 Å².